The third-order valence-electron chi connectivity index (χ3n) is 2.87. The lowest BCUT2D eigenvalue weighted by Gasteiger charge is -2.08. The Bertz CT molecular complexity index is 609. The monoisotopic (exact) mass is 318 g/mol. The number of hydrogen-bond donors (Lipinski definition) is 2. The second-order valence-electron chi connectivity index (χ2n) is 4.68. The van der Waals surface area contributed by atoms with Crippen molar-refractivity contribution in [2.75, 3.05) is 19.7 Å². The van der Waals surface area contributed by atoms with Crippen LogP contribution in [0.3, 0.4) is 0 Å². The molecule has 0 saturated heterocycles. The van der Waals surface area contributed by atoms with Gasteiger partial charge in [-0.25, -0.2) is 0 Å². The Morgan fingerprint density at radius 2 is 1.82 bits per heavy atom. The summed E-state index contributed by atoms with van der Waals surface area (Å²) < 4.78 is 5.36. The van der Waals surface area contributed by atoms with Gasteiger partial charge >= 0.3 is 0 Å². The van der Waals surface area contributed by atoms with Gasteiger partial charge in [0.05, 0.1) is 4.88 Å². The third-order valence-corrected chi connectivity index (χ3v) is 3.74. The standard InChI is InChI=1S/C16H18N2O3S/c1-12-4-6-13(7-5-12)21-11-15(19)17-8-9-18-16(20)14-3-2-10-22-14/h2-7,10H,8-9,11H2,1H3,(H,17,19)(H,18,20). The molecule has 5 nitrogen and oxygen atoms in total. The second kappa shape index (κ2) is 8.19. The van der Waals surface area contributed by atoms with Crippen molar-refractivity contribution in [2.24, 2.45) is 0 Å². The van der Waals surface area contributed by atoms with Gasteiger partial charge in [-0.1, -0.05) is 23.8 Å². The molecule has 1 heterocycles. The van der Waals surface area contributed by atoms with E-state index in [0.717, 1.165) is 5.56 Å². The maximum Gasteiger partial charge on any atom is 0.261 e. The number of benzene rings is 1. The number of carbonyl (C=O) groups is 2. The van der Waals surface area contributed by atoms with Crippen molar-refractivity contribution in [3.63, 3.8) is 0 Å². The first-order chi connectivity index (χ1) is 10.6. The number of hydrogen-bond acceptors (Lipinski definition) is 4. The van der Waals surface area contributed by atoms with E-state index in [-0.39, 0.29) is 18.4 Å². The van der Waals surface area contributed by atoms with E-state index in [1.165, 1.54) is 11.3 Å². The number of aryl methyl sites for hydroxylation is 1. The van der Waals surface area contributed by atoms with Gasteiger partial charge in [-0.3, -0.25) is 9.59 Å². The number of rotatable bonds is 7. The molecule has 0 aliphatic rings. The summed E-state index contributed by atoms with van der Waals surface area (Å²) in [6.07, 6.45) is 0. The second-order valence-corrected chi connectivity index (χ2v) is 5.63. The van der Waals surface area contributed by atoms with E-state index >= 15 is 0 Å². The Morgan fingerprint density at radius 3 is 2.50 bits per heavy atom. The van der Waals surface area contributed by atoms with Gasteiger partial charge in [0.2, 0.25) is 0 Å². The average Bonchev–Trinajstić information content (AvgIpc) is 3.05. The topological polar surface area (TPSA) is 67.4 Å². The molecule has 0 aliphatic carbocycles. The van der Waals surface area contributed by atoms with Crippen LogP contribution in [0.5, 0.6) is 5.75 Å². The van der Waals surface area contributed by atoms with Crippen molar-refractivity contribution in [2.45, 2.75) is 6.92 Å². The van der Waals surface area contributed by atoms with Gasteiger partial charge in [0, 0.05) is 13.1 Å². The predicted octanol–water partition coefficient (Wildman–Crippen LogP) is 1.98. The van der Waals surface area contributed by atoms with Crippen molar-refractivity contribution in [3.05, 3.63) is 52.2 Å². The van der Waals surface area contributed by atoms with Crippen LogP contribution in [0.2, 0.25) is 0 Å². The van der Waals surface area contributed by atoms with Gasteiger partial charge in [-0.15, -0.1) is 11.3 Å². The quantitative estimate of drug-likeness (QED) is 0.767. The first-order valence-electron chi connectivity index (χ1n) is 6.93. The summed E-state index contributed by atoms with van der Waals surface area (Å²) in [4.78, 5) is 23.9. The summed E-state index contributed by atoms with van der Waals surface area (Å²) in [6.45, 7) is 2.70. The zero-order valence-electron chi connectivity index (χ0n) is 12.3. The van der Waals surface area contributed by atoms with Crippen LogP contribution in [-0.2, 0) is 4.79 Å². The fourth-order valence-electron chi connectivity index (χ4n) is 1.71. The van der Waals surface area contributed by atoms with Gasteiger partial charge in [0.15, 0.2) is 6.61 Å². The Hall–Kier alpha value is -2.34. The minimum atomic E-state index is -0.217. The SMILES string of the molecule is Cc1ccc(OCC(=O)NCCNC(=O)c2cccs2)cc1. The van der Waals surface area contributed by atoms with E-state index in [1.54, 1.807) is 6.07 Å². The Morgan fingerprint density at radius 1 is 1.09 bits per heavy atom. The number of carbonyl (C=O) groups excluding carboxylic acids is 2. The molecule has 0 saturated carbocycles. The van der Waals surface area contributed by atoms with Crippen LogP contribution in [0.15, 0.2) is 41.8 Å². The zero-order chi connectivity index (χ0) is 15.8. The van der Waals surface area contributed by atoms with Crippen molar-refractivity contribution in [1.29, 1.82) is 0 Å². The van der Waals surface area contributed by atoms with Crippen molar-refractivity contribution < 1.29 is 14.3 Å². The molecule has 0 spiro atoms. The van der Waals surface area contributed by atoms with E-state index in [9.17, 15) is 9.59 Å². The van der Waals surface area contributed by atoms with Crippen LogP contribution in [0.25, 0.3) is 0 Å². The molecule has 0 aliphatic heterocycles. The van der Waals surface area contributed by atoms with Gasteiger partial charge in [-0.2, -0.15) is 0 Å². The normalized spacial score (nSPS) is 10.0. The Kier molecular flexibility index (Phi) is 5.97. The Balaban J connectivity index is 1.59. The Labute approximate surface area is 133 Å². The molecule has 1 aromatic heterocycles. The molecule has 22 heavy (non-hydrogen) atoms. The van der Waals surface area contributed by atoms with Crippen molar-refractivity contribution in [1.82, 2.24) is 10.6 Å². The number of thiophene rings is 1. The first kappa shape index (κ1) is 16.0. The summed E-state index contributed by atoms with van der Waals surface area (Å²) in [5.41, 5.74) is 1.14. The molecule has 2 aromatic rings. The van der Waals surface area contributed by atoms with E-state index in [0.29, 0.717) is 23.7 Å². The molecule has 1 aromatic carbocycles. The maximum absolute atomic E-state index is 11.7. The van der Waals surface area contributed by atoms with Gasteiger partial charge in [0.25, 0.3) is 11.8 Å². The minimum Gasteiger partial charge on any atom is -0.484 e. The van der Waals surface area contributed by atoms with E-state index in [2.05, 4.69) is 10.6 Å². The fraction of sp³-hybridized carbons (Fsp3) is 0.250. The van der Waals surface area contributed by atoms with E-state index in [1.807, 2.05) is 42.6 Å². The first-order valence-corrected chi connectivity index (χ1v) is 7.81. The molecule has 0 bridgehead atoms. The summed E-state index contributed by atoms with van der Waals surface area (Å²) in [6, 6.07) is 11.1. The third kappa shape index (κ3) is 5.21. The molecule has 116 valence electrons. The lowest BCUT2D eigenvalue weighted by Crippen LogP contribution is -2.36. The molecule has 0 radical (unpaired) electrons. The average molecular weight is 318 g/mol. The summed E-state index contributed by atoms with van der Waals surface area (Å²) in [5.74, 6) is 0.317. The van der Waals surface area contributed by atoms with Crippen molar-refractivity contribution >= 4 is 23.2 Å². The largest absolute Gasteiger partial charge is 0.484 e. The number of nitrogens with one attached hydrogen (secondary N) is 2. The van der Waals surface area contributed by atoms with Crippen LogP contribution >= 0.6 is 11.3 Å². The highest BCUT2D eigenvalue weighted by molar-refractivity contribution is 7.12. The minimum absolute atomic E-state index is 0.0397. The van der Waals surface area contributed by atoms with Crippen LogP contribution in [-0.4, -0.2) is 31.5 Å². The van der Waals surface area contributed by atoms with Crippen molar-refractivity contribution in [3.8, 4) is 5.75 Å². The molecule has 2 N–H and O–H groups in total. The van der Waals surface area contributed by atoms with Gasteiger partial charge in [-0.05, 0) is 30.5 Å². The highest BCUT2D eigenvalue weighted by Gasteiger charge is 2.06. The van der Waals surface area contributed by atoms with Gasteiger partial charge in [0.1, 0.15) is 5.75 Å². The molecule has 0 fully saturated rings. The highest BCUT2D eigenvalue weighted by atomic mass is 32.1. The summed E-state index contributed by atoms with van der Waals surface area (Å²) >= 11 is 1.38. The van der Waals surface area contributed by atoms with Crippen LogP contribution in [0.4, 0.5) is 0 Å². The lowest BCUT2D eigenvalue weighted by molar-refractivity contribution is -0.123. The number of ether oxygens (including phenoxy) is 1. The summed E-state index contributed by atoms with van der Waals surface area (Å²) in [7, 11) is 0. The van der Waals surface area contributed by atoms with E-state index < -0.39 is 0 Å². The molecule has 2 rings (SSSR count). The smallest absolute Gasteiger partial charge is 0.261 e. The van der Waals surface area contributed by atoms with E-state index in [4.69, 9.17) is 4.74 Å². The number of amides is 2. The molecule has 0 unspecified atom stereocenters. The van der Waals surface area contributed by atoms with Crippen LogP contribution in [0, 0.1) is 6.92 Å². The molecule has 2 amide bonds. The lowest BCUT2D eigenvalue weighted by atomic mass is 10.2. The summed E-state index contributed by atoms with van der Waals surface area (Å²) in [5, 5.41) is 7.27. The maximum atomic E-state index is 11.7. The molecule has 0 atom stereocenters. The van der Waals surface area contributed by atoms with Gasteiger partial charge < -0.3 is 15.4 Å². The fourth-order valence-corrected chi connectivity index (χ4v) is 2.35. The zero-order valence-corrected chi connectivity index (χ0v) is 13.1. The molecular formula is C16H18N2O3S. The van der Waals surface area contributed by atoms with Crippen LogP contribution in [0.1, 0.15) is 15.2 Å². The molecule has 6 heteroatoms. The highest BCUT2D eigenvalue weighted by Crippen LogP contribution is 2.10. The predicted molar refractivity (Wildman–Crippen MR) is 86.3 cm³/mol. The van der Waals surface area contributed by atoms with Crippen LogP contribution < -0.4 is 15.4 Å². The molecular weight excluding hydrogens is 300 g/mol.